The molecule has 1 unspecified atom stereocenters. The van der Waals surface area contributed by atoms with Gasteiger partial charge in [0.25, 0.3) is 5.91 Å². The molecule has 0 spiro atoms. The molecule has 2 amide bonds. The van der Waals surface area contributed by atoms with Crippen molar-refractivity contribution in [2.45, 2.75) is 32.2 Å². The van der Waals surface area contributed by atoms with Crippen LogP contribution in [0.3, 0.4) is 0 Å². The molecule has 1 heterocycles. The lowest BCUT2D eigenvalue weighted by Crippen LogP contribution is -2.42. The maximum Gasteiger partial charge on any atom is 0.251 e. The Balaban J connectivity index is 1.85. The summed E-state index contributed by atoms with van der Waals surface area (Å²) in [7, 11) is 0. The van der Waals surface area contributed by atoms with Gasteiger partial charge in [-0.1, -0.05) is 25.1 Å². The van der Waals surface area contributed by atoms with E-state index in [1.54, 1.807) is 12.1 Å². The lowest BCUT2D eigenvalue weighted by atomic mass is 10.2. The maximum atomic E-state index is 12.1. The molecule has 4 nitrogen and oxygen atoms in total. The van der Waals surface area contributed by atoms with E-state index >= 15 is 0 Å². The Morgan fingerprint density at radius 1 is 1.32 bits per heavy atom. The Kier molecular flexibility index (Phi) is 4.55. The van der Waals surface area contributed by atoms with Gasteiger partial charge in [0.15, 0.2) is 0 Å². The Bertz CT molecular complexity index is 445. The van der Waals surface area contributed by atoms with E-state index in [0.717, 1.165) is 25.8 Å². The van der Waals surface area contributed by atoms with Crippen LogP contribution in [0.1, 0.15) is 36.5 Å². The van der Waals surface area contributed by atoms with E-state index in [-0.39, 0.29) is 18.4 Å². The molecule has 2 rings (SSSR count). The third kappa shape index (κ3) is 3.34. The quantitative estimate of drug-likeness (QED) is 0.897. The van der Waals surface area contributed by atoms with Crippen molar-refractivity contribution >= 4 is 11.8 Å². The van der Waals surface area contributed by atoms with Gasteiger partial charge in [0.05, 0.1) is 6.54 Å². The monoisotopic (exact) mass is 260 g/mol. The van der Waals surface area contributed by atoms with E-state index in [1.165, 1.54) is 0 Å². The van der Waals surface area contributed by atoms with Crippen molar-refractivity contribution in [1.29, 1.82) is 0 Å². The van der Waals surface area contributed by atoms with Crippen molar-refractivity contribution in [1.82, 2.24) is 10.2 Å². The van der Waals surface area contributed by atoms with Gasteiger partial charge in [-0.05, 0) is 31.4 Å². The summed E-state index contributed by atoms with van der Waals surface area (Å²) in [6.07, 6.45) is 3.13. The summed E-state index contributed by atoms with van der Waals surface area (Å²) in [5.74, 6) is -0.171. The molecule has 1 aliphatic heterocycles. The first kappa shape index (κ1) is 13.6. The average molecular weight is 260 g/mol. The topological polar surface area (TPSA) is 49.4 Å². The van der Waals surface area contributed by atoms with E-state index in [1.807, 2.05) is 23.1 Å². The van der Waals surface area contributed by atoms with Gasteiger partial charge < -0.3 is 10.2 Å². The van der Waals surface area contributed by atoms with Crippen molar-refractivity contribution in [2.24, 2.45) is 0 Å². The first-order valence-electron chi connectivity index (χ1n) is 6.85. The summed E-state index contributed by atoms with van der Waals surface area (Å²) < 4.78 is 0. The highest BCUT2D eigenvalue weighted by Crippen LogP contribution is 2.19. The van der Waals surface area contributed by atoms with Crippen LogP contribution >= 0.6 is 0 Å². The Labute approximate surface area is 113 Å². The number of carbonyl (C=O) groups is 2. The van der Waals surface area contributed by atoms with Crippen LogP contribution in [-0.4, -0.2) is 35.8 Å². The Hall–Kier alpha value is -1.84. The number of hydrogen-bond acceptors (Lipinski definition) is 2. The number of likely N-dealkylation sites (tertiary alicyclic amines) is 1. The third-order valence-electron chi connectivity index (χ3n) is 3.60. The summed E-state index contributed by atoms with van der Waals surface area (Å²) in [5.41, 5.74) is 0.587. The Morgan fingerprint density at radius 2 is 2.05 bits per heavy atom. The molecule has 1 aromatic rings. The fourth-order valence-electron chi connectivity index (χ4n) is 2.54. The van der Waals surface area contributed by atoms with Crippen LogP contribution in [0.25, 0.3) is 0 Å². The molecule has 4 heteroatoms. The van der Waals surface area contributed by atoms with E-state index < -0.39 is 0 Å². The number of amides is 2. The lowest BCUT2D eigenvalue weighted by Gasteiger charge is -2.23. The van der Waals surface area contributed by atoms with Gasteiger partial charge in [-0.2, -0.15) is 0 Å². The normalized spacial score (nSPS) is 18.4. The average Bonchev–Trinajstić information content (AvgIpc) is 2.93. The molecular weight excluding hydrogens is 240 g/mol. The fourth-order valence-corrected chi connectivity index (χ4v) is 2.54. The number of carbonyl (C=O) groups excluding carboxylic acids is 2. The molecule has 0 aromatic heterocycles. The van der Waals surface area contributed by atoms with Crippen LogP contribution in [0.5, 0.6) is 0 Å². The highest BCUT2D eigenvalue weighted by Gasteiger charge is 2.27. The molecule has 1 aliphatic rings. The second kappa shape index (κ2) is 6.36. The van der Waals surface area contributed by atoms with E-state index in [0.29, 0.717) is 11.6 Å². The van der Waals surface area contributed by atoms with Crippen LogP contribution in [0.4, 0.5) is 0 Å². The highest BCUT2D eigenvalue weighted by molar-refractivity contribution is 5.96. The summed E-state index contributed by atoms with van der Waals surface area (Å²) in [5, 5.41) is 2.69. The van der Waals surface area contributed by atoms with Crippen LogP contribution in [0, 0.1) is 0 Å². The van der Waals surface area contributed by atoms with Crippen molar-refractivity contribution < 1.29 is 9.59 Å². The number of hydrogen-bond donors (Lipinski definition) is 1. The molecule has 1 fully saturated rings. The van der Waals surface area contributed by atoms with Crippen LogP contribution in [0.2, 0.25) is 0 Å². The minimum atomic E-state index is -0.193. The SMILES string of the molecule is CCC1CCCN1C(=O)CNC(=O)c1ccccc1. The minimum Gasteiger partial charge on any atom is -0.343 e. The molecular formula is C15H20N2O2. The maximum absolute atomic E-state index is 12.1. The molecule has 1 saturated heterocycles. The molecule has 1 atom stereocenters. The van der Waals surface area contributed by atoms with Crippen LogP contribution in [0.15, 0.2) is 30.3 Å². The van der Waals surface area contributed by atoms with Crippen molar-refractivity contribution in [2.75, 3.05) is 13.1 Å². The van der Waals surface area contributed by atoms with Crippen molar-refractivity contribution in [3.63, 3.8) is 0 Å². The molecule has 0 aliphatic carbocycles. The standard InChI is InChI=1S/C15H20N2O2/c1-2-13-9-6-10-17(13)14(18)11-16-15(19)12-7-4-3-5-8-12/h3-5,7-8,13H,2,6,9-11H2,1H3,(H,16,19). The van der Waals surface area contributed by atoms with Crippen molar-refractivity contribution in [3.8, 4) is 0 Å². The number of benzene rings is 1. The van der Waals surface area contributed by atoms with Crippen LogP contribution < -0.4 is 5.32 Å². The van der Waals surface area contributed by atoms with Gasteiger partial charge in [-0.25, -0.2) is 0 Å². The summed E-state index contributed by atoms with van der Waals surface area (Å²) in [4.78, 5) is 25.8. The second-order valence-corrected chi connectivity index (χ2v) is 4.84. The molecule has 1 N–H and O–H groups in total. The minimum absolute atomic E-state index is 0.0219. The molecule has 19 heavy (non-hydrogen) atoms. The van der Waals surface area contributed by atoms with E-state index in [4.69, 9.17) is 0 Å². The van der Waals surface area contributed by atoms with Gasteiger partial charge in [0.1, 0.15) is 0 Å². The van der Waals surface area contributed by atoms with Gasteiger partial charge in [-0.15, -0.1) is 0 Å². The predicted molar refractivity (Wildman–Crippen MR) is 73.8 cm³/mol. The summed E-state index contributed by atoms with van der Waals surface area (Å²) in [6.45, 7) is 3.00. The molecule has 1 aromatic carbocycles. The summed E-state index contributed by atoms with van der Waals surface area (Å²) in [6, 6.07) is 9.31. The third-order valence-corrected chi connectivity index (χ3v) is 3.60. The number of nitrogens with one attached hydrogen (secondary N) is 1. The lowest BCUT2D eigenvalue weighted by molar-refractivity contribution is -0.130. The number of rotatable bonds is 4. The predicted octanol–water partition coefficient (Wildman–Crippen LogP) is 1.82. The van der Waals surface area contributed by atoms with E-state index in [9.17, 15) is 9.59 Å². The zero-order chi connectivity index (χ0) is 13.7. The van der Waals surface area contributed by atoms with Gasteiger partial charge >= 0.3 is 0 Å². The first-order chi connectivity index (χ1) is 9.22. The second-order valence-electron chi connectivity index (χ2n) is 4.84. The van der Waals surface area contributed by atoms with Gasteiger partial charge in [0, 0.05) is 18.2 Å². The number of nitrogens with zero attached hydrogens (tertiary/aromatic N) is 1. The molecule has 0 radical (unpaired) electrons. The Morgan fingerprint density at radius 3 is 2.74 bits per heavy atom. The first-order valence-corrected chi connectivity index (χ1v) is 6.85. The van der Waals surface area contributed by atoms with E-state index in [2.05, 4.69) is 12.2 Å². The molecule has 0 bridgehead atoms. The largest absolute Gasteiger partial charge is 0.343 e. The van der Waals surface area contributed by atoms with Crippen molar-refractivity contribution in [3.05, 3.63) is 35.9 Å². The zero-order valence-electron chi connectivity index (χ0n) is 11.3. The smallest absolute Gasteiger partial charge is 0.251 e. The zero-order valence-corrected chi connectivity index (χ0v) is 11.3. The van der Waals surface area contributed by atoms with Gasteiger partial charge in [0.2, 0.25) is 5.91 Å². The molecule has 102 valence electrons. The van der Waals surface area contributed by atoms with Gasteiger partial charge in [-0.3, -0.25) is 9.59 Å². The summed E-state index contributed by atoms with van der Waals surface area (Å²) >= 11 is 0. The van der Waals surface area contributed by atoms with Crippen LogP contribution in [-0.2, 0) is 4.79 Å². The fraction of sp³-hybridized carbons (Fsp3) is 0.467. The highest BCUT2D eigenvalue weighted by atomic mass is 16.2. The molecule has 0 saturated carbocycles.